The van der Waals surface area contributed by atoms with Gasteiger partial charge in [0, 0.05) is 25.2 Å². The van der Waals surface area contributed by atoms with Crippen LogP contribution >= 0.6 is 11.8 Å². The topological polar surface area (TPSA) is 112 Å². The molecule has 0 aliphatic carbocycles. The molecule has 1 aliphatic rings. The molecule has 1 aromatic heterocycles. The minimum atomic E-state index is -0.607. The van der Waals surface area contributed by atoms with Crippen LogP contribution in [0.3, 0.4) is 0 Å². The van der Waals surface area contributed by atoms with Gasteiger partial charge in [-0.2, -0.15) is 0 Å². The van der Waals surface area contributed by atoms with E-state index in [2.05, 4.69) is 10.2 Å². The highest BCUT2D eigenvalue weighted by atomic mass is 32.2. The molecule has 0 spiro atoms. The predicted octanol–water partition coefficient (Wildman–Crippen LogP) is 3.00. The van der Waals surface area contributed by atoms with E-state index in [1.807, 2.05) is 24.3 Å². The van der Waals surface area contributed by atoms with Crippen LogP contribution in [0, 0.1) is 0 Å². The van der Waals surface area contributed by atoms with Gasteiger partial charge in [0.2, 0.25) is 5.91 Å². The number of carbonyl (C=O) groups excluding carboxylic acids is 2. The fourth-order valence-electron chi connectivity index (χ4n) is 3.63. The molecule has 0 bridgehead atoms. The Bertz CT molecular complexity index is 1230. The molecule has 1 fully saturated rings. The van der Waals surface area contributed by atoms with Crippen molar-refractivity contribution in [2.45, 2.75) is 5.03 Å². The third-order valence-electron chi connectivity index (χ3n) is 5.38. The zero-order valence-corrected chi connectivity index (χ0v) is 20.5. The van der Waals surface area contributed by atoms with Crippen LogP contribution in [0.15, 0.2) is 41.4 Å². The SMILES string of the molecule is COC(=O)c1cc(OC)c(OC)cc1NC(=O)CSc1nc2ccccc2nc1N1CCOCC1. The van der Waals surface area contributed by atoms with Crippen molar-refractivity contribution in [2.75, 3.05) is 63.6 Å². The second-order valence-electron chi connectivity index (χ2n) is 7.52. The first-order chi connectivity index (χ1) is 17.0. The number of ether oxygens (including phenoxy) is 4. The molecule has 1 N–H and O–H groups in total. The van der Waals surface area contributed by atoms with E-state index in [0.29, 0.717) is 42.8 Å². The number of benzene rings is 2. The number of anilines is 2. The lowest BCUT2D eigenvalue weighted by Gasteiger charge is -2.29. The van der Waals surface area contributed by atoms with Crippen LogP contribution in [0.25, 0.3) is 11.0 Å². The van der Waals surface area contributed by atoms with Gasteiger partial charge in [0.1, 0.15) is 5.03 Å². The molecule has 2 heterocycles. The second-order valence-corrected chi connectivity index (χ2v) is 8.49. The summed E-state index contributed by atoms with van der Waals surface area (Å²) < 4.78 is 20.9. The number of hydrogen-bond acceptors (Lipinski definition) is 10. The molecule has 0 atom stereocenters. The van der Waals surface area contributed by atoms with Crippen molar-refractivity contribution in [3.8, 4) is 11.5 Å². The number of morpholine rings is 1. The van der Waals surface area contributed by atoms with Crippen molar-refractivity contribution in [2.24, 2.45) is 0 Å². The van der Waals surface area contributed by atoms with Gasteiger partial charge in [-0.05, 0) is 12.1 Å². The molecule has 1 amide bonds. The van der Waals surface area contributed by atoms with Gasteiger partial charge in [0.15, 0.2) is 17.3 Å². The normalized spacial score (nSPS) is 13.4. The van der Waals surface area contributed by atoms with Crippen molar-refractivity contribution in [3.63, 3.8) is 0 Å². The van der Waals surface area contributed by atoms with Gasteiger partial charge in [-0.15, -0.1) is 0 Å². The summed E-state index contributed by atoms with van der Waals surface area (Å²) in [6, 6.07) is 10.6. The van der Waals surface area contributed by atoms with Gasteiger partial charge in [-0.1, -0.05) is 23.9 Å². The minimum absolute atomic E-state index is 0.0549. The Labute approximate surface area is 206 Å². The first-order valence-corrected chi connectivity index (χ1v) is 11.9. The predicted molar refractivity (Wildman–Crippen MR) is 133 cm³/mol. The number of para-hydroxylation sites is 2. The van der Waals surface area contributed by atoms with Crippen LogP contribution in [0.1, 0.15) is 10.4 Å². The number of amides is 1. The summed E-state index contributed by atoms with van der Waals surface area (Å²) in [5.74, 6) is 0.574. The van der Waals surface area contributed by atoms with Crippen molar-refractivity contribution < 1.29 is 28.5 Å². The molecule has 2 aromatic carbocycles. The van der Waals surface area contributed by atoms with Gasteiger partial charge < -0.3 is 29.2 Å². The summed E-state index contributed by atoms with van der Waals surface area (Å²) in [4.78, 5) is 36.9. The van der Waals surface area contributed by atoms with Crippen LogP contribution in [0.5, 0.6) is 11.5 Å². The molecule has 184 valence electrons. The van der Waals surface area contributed by atoms with Crippen LogP contribution in [-0.4, -0.2) is 75.2 Å². The number of hydrogen-bond donors (Lipinski definition) is 1. The van der Waals surface area contributed by atoms with Crippen LogP contribution in [0.4, 0.5) is 11.5 Å². The van der Waals surface area contributed by atoms with Crippen LogP contribution < -0.4 is 19.7 Å². The van der Waals surface area contributed by atoms with Crippen LogP contribution in [0.2, 0.25) is 0 Å². The van der Waals surface area contributed by atoms with Gasteiger partial charge in [0.05, 0.1) is 62.6 Å². The maximum absolute atomic E-state index is 12.9. The van der Waals surface area contributed by atoms with E-state index < -0.39 is 5.97 Å². The number of rotatable bonds is 8. The number of carbonyl (C=O) groups is 2. The molecule has 1 saturated heterocycles. The highest BCUT2D eigenvalue weighted by Gasteiger charge is 2.22. The Morgan fingerprint density at radius 1 is 1.03 bits per heavy atom. The monoisotopic (exact) mass is 498 g/mol. The van der Waals surface area contributed by atoms with Crippen molar-refractivity contribution in [3.05, 3.63) is 42.0 Å². The molecular weight excluding hydrogens is 472 g/mol. The summed E-state index contributed by atoms with van der Waals surface area (Å²) in [6.45, 7) is 2.60. The summed E-state index contributed by atoms with van der Waals surface area (Å²) >= 11 is 1.28. The van der Waals surface area contributed by atoms with Gasteiger partial charge in [-0.3, -0.25) is 4.79 Å². The maximum atomic E-state index is 12.9. The number of fused-ring (bicyclic) bond motifs is 1. The number of thioether (sulfide) groups is 1. The number of esters is 1. The summed E-state index contributed by atoms with van der Waals surface area (Å²) in [7, 11) is 4.21. The molecule has 0 radical (unpaired) electrons. The van der Waals surface area contributed by atoms with Crippen molar-refractivity contribution in [1.82, 2.24) is 9.97 Å². The van der Waals surface area contributed by atoms with E-state index in [1.54, 1.807) is 0 Å². The molecule has 3 aromatic rings. The molecular formula is C24H26N4O6S. The lowest BCUT2D eigenvalue weighted by molar-refractivity contribution is -0.113. The Hall–Kier alpha value is -3.57. The van der Waals surface area contributed by atoms with E-state index in [9.17, 15) is 9.59 Å². The Morgan fingerprint density at radius 2 is 1.69 bits per heavy atom. The molecule has 1 aliphatic heterocycles. The van der Waals surface area contributed by atoms with E-state index in [4.69, 9.17) is 28.9 Å². The van der Waals surface area contributed by atoms with Crippen molar-refractivity contribution in [1.29, 1.82) is 0 Å². The zero-order chi connectivity index (χ0) is 24.8. The molecule has 0 saturated carbocycles. The highest BCUT2D eigenvalue weighted by Crippen LogP contribution is 2.34. The maximum Gasteiger partial charge on any atom is 0.340 e. The third-order valence-corrected chi connectivity index (χ3v) is 6.33. The number of methoxy groups -OCH3 is 3. The first kappa shape index (κ1) is 24.6. The van der Waals surface area contributed by atoms with Crippen LogP contribution in [-0.2, 0) is 14.3 Å². The Morgan fingerprint density at radius 3 is 2.34 bits per heavy atom. The minimum Gasteiger partial charge on any atom is -0.493 e. The molecule has 10 nitrogen and oxygen atoms in total. The lowest BCUT2D eigenvalue weighted by Crippen LogP contribution is -2.37. The molecule has 11 heteroatoms. The lowest BCUT2D eigenvalue weighted by atomic mass is 10.1. The van der Waals surface area contributed by atoms with Gasteiger partial charge >= 0.3 is 5.97 Å². The zero-order valence-electron chi connectivity index (χ0n) is 19.7. The fraction of sp³-hybridized carbons (Fsp3) is 0.333. The number of aromatic nitrogens is 2. The molecule has 4 rings (SSSR count). The second kappa shape index (κ2) is 11.2. The standard InChI is InChI=1S/C24H26N4O6S/c1-31-19-12-15(24(30)33-3)18(13-20(19)32-2)25-21(29)14-35-23-22(28-8-10-34-11-9-28)26-16-6-4-5-7-17(16)27-23/h4-7,12-13H,8-11,14H2,1-3H3,(H,25,29). The molecule has 35 heavy (non-hydrogen) atoms. The Balaban J connectivity index is 1.57. The number of nitrogens with zero attached hydrogens (tertiary/aromatic N) is 3. The van der Waals surface area contributed by atoms with E-state index >= 15 is 0 Å². The molecule has 0 unspecified atom stereocenters. The smallest absolute Gasteiger partial charge is 0.340 e. The quantitative estimate of drug-likeness (QED) is 0.367. The van der Waals surface area contributed by atoms with E-state index in [1.165, 1.54) is 45.2 Å². The fourth-order valence-corrected chi connectivity index (χ4v) is 4.44. The largest absolute Gasteiger partial charge is 0.493 e. The average Bonchev–Trinajstić information content (AvgIpc) is 2.91. The number of nitrogens with one attached hydrogen (secondary N) is 1. The van der Waals surface area contributed by atoms with Gasteiger partial charge in [0.25, 0.3) is 0 Å². The first-order valence-electron chi connectivity index (χ1n) is 10.9. The van der Waals surface area contributed by atoms with Crippen molar-refractivity contribution >= 4 is 46.2 Å². The summed E-state index contributed by atoms with van der Waals surface area (Å²) in [5.41, 5.74) is 1.96. The summed E-state index contributed by atoms with van der Waals surface area (Å²) in [5, 5.41) is 3.43. The highest BCUT2D eigenvalue weighted by molar-refractivity contribution is 8.00. The average molecular weight is 499 g/mol. The third kappa shape index (κ3) is 5.57. The van der Waals surface area contributed by atoms with E-state index in [-0.39, 0.29) is 22.9 Å². The van der Waals surface area contributed by atoms with E-state index in [0.717, 1.165) is 16.9 Å². The van der Waals surface area contributed by atoms with Gasteiger partial charge in [-0.25, -0.2) is 14.8 Å². The summed E-state index contributed by atoms with van der Waals surface area (Å²) in [6.07, 6.45) is 0. The Kier molecular flexibility index (Phi) is 7.88.